The van der Waals surface area contributed by atoms with Gasteiger partial charge in [0.15, 0.2) is 0 Å². The molecule has 2 aromatic heterocycles. The first kappa shape index (κ1) is 21.7. The maximum atomic E-state index is 13.3. The Labute approximate surface area is 185 Å². The normalized spacial score (nSPS) is 30.3. The molecular weight excluding hydrogens is 419 g/mol. The van der Waals surface area contributed by atoms with E-state index in [1.165, 1.54) is 19.0 Å². The molecule has 9 heteroatoms. The van der Waals surface area contributed by atoms with Crippen LogP contribution in [0, 0.1) is 11.8 Å². The molecule has 5 rings (SSSR count). The van der Waals surface area contributed by atoms with Crippen LogP contribution in [0.5, 0.6) is 0 Å². The number of fused-ring (bicyclic) bond motifs is 1. The fraction of sp³-hybridized carbons (Fsp3) is 0.652. The van der Waals surface area contributed by atoms with Crippen LogP contribution < -0.4 is 5.73 Å². The van der Waals surface area contributed by atoms with Crippen LogP contribution in [-0.2, 0) is 10.9 Å². The summed E-state index contributed by atoms with van der Waals surface area (Å²) >= 11 is 0. The molecule has 0 radical (unpaired) electrons. The summed E-state index contributed by atoms with van der Waals surface area (Å²) in [5, 5.41) is 4.68. The third-order valence-corrected chi connectivity index (χ3v) is 7.56. The summed E-state index contributed by atoms with van der Waals surface area (Å²) in [5.74, 6) is 1.17. The zero-order chi connectivity index (χ0) is 22.8. The molecule has 1 saturated heterocycles. The van der Waals surface area contributed by atoms with Crippen molar-refractivity contribution in [1.82, 2.24) is 19.7 Å². The number of pyridine rings is 1. The molecule has 0 aromatic carbocycles. The number of likely N-dealkylation sites (tertiary alicyclic amines) is 1. The van der Waals surface area contributed by atoms with Crippen LogP contribution >= 0.6 is 0 Å². The topological polar surface area (TPSA) is 69.2 Å². The Bertz CT molecular complexity index is 992. The standard InChI is InChI=1S/C23H30F3N5O/c1-12(2)31-20(9-19(29-31)13-6-18(23(24,25)26)22(27)28-10-13)21-16-7-14(8-17(16)21)30-5-4-15(11-30)32-3/h6,9-10,12,14-17,21H,4-5,7-8,11H2,1-3H3,(H2,27,28)/t14-,15-,16-,17+,21+/m1/s1. The minimum atomic E-state index is -4.55. The van der Waals surface area contributed by atoms with Gasteiger partial charge in [0.25, 0.3) is 0 Å². The molecule has 3 heterocycles. The smallest absolute Gasteiger partial charge is 0.383 e. The van der Waals surface area contributed by atoms with E-state index >= 15 is 0 Å². The SMILES string of the molecule is CO[C@@H]1CCN([C@@H]2C[C@@H]3[C@H](C2)[C@H]3c2cc(-c3cnc(N)c(C(F)(F)F)c3)nn2C(C)C)C1. The first-order valence-corrected chi connectivity index (χ1v) is 11.4. The van der Waals surface area contributed by atoms with Gasteiger partial charge in [0.05, 0.1) is 17.4 Å². The number of aromatic nitrogens is 3. The lowest BCUT2D eigenvalue weighted by Gasteiger charge is -2.26. The Morgan fingerprint density at radius 3 is 2.50 bits per heavy atom. The van der Waals surface area contributed by atoms with Crippen molar-refractivity contribution in [2.75, 3.05) is 25.9 Å². The summed E-state index contributed by atoms with van der Waals surface area (Å²) in [5.41, 5.74) is 6.56. The zero-order valence-corrected chi connectivity index (χ0v) is 18.6. The van der Waals surface area contributed by atoms with Crippen LogP contribution in [0.1, 0.15) is 56.3 Å². The number of nitrogens with two attached hydrogens (primary N) is 1. The van der Waals surface area contributed by atoms with Crippen LogP contribution in [0.25, 0.3) is 11.3 Å². The maximum absolute atomic E-state index is 13.3. The Balaban J connectivity index is 1.36. The molecule has 174 valence electrons. The number of methoxy groups -OCH3 is 1. The predicted octanol–water partition coefficient (Wildman–Crippen LogP) is 4.34. The van der Waals surface area contributed by atoms with E-state index in [1.807, 2.05) is 10.7 Å². The highest BCUT2D eigenvalue weighted by atomic mass is 19.4. The minimum Gasteiger partial charge on any atom is -0.383 e. The largest absolute Gasteiger partial charge is 0.419 e. The first-order chi connectivity index (χ1) is 15.2. The van der Waals surface area contributed by atoms with Crippen LogP contribution in [0.2, 0.25) is 0 Å². The van der Waals surface area contributed by atoms with Gasteiger partial charge in [-0.2, -0.15) is 18.3 Å². The molecule has 2 aromatic rings. The first-order valence-electron chi connectivity index (χ1n) is 11.4. The van der Waals surface area contributed by atoms with Gasteiger partial charge in [-0.05, 0) is 57.1 Å². The lowest BCUT2D eigenvalue weighted by molar-refractivity contribution is -0.137. The van der Waals surface area contributed by atoms with Crippen LogP contribution in [-0.4, -0.2) is 52.0 Å². The number of hydrogen-bond acceptors (Lipinski definition) is 5. The monoisotopic (exact) mass is 449 g/mol. The minimum absolute atomic E-state index is 0.126. The van der Waals surface area contributed by atoms with E-state index in [1.54, 1.807) is 7.11 Å². The fourth-order valence-electron chi connectivity index (χ4n) is 5.88. The molecule has 2 N–H and O–H groups in total. The molecule has 0 unspecified atom stereocenters. The van der Waals surface area contributed by atoms with Gasteiger partial charge in [0, 0.05) is 55.7 Å². The van der Waals surface area contributed by atoms with E-state index in [4.69, 9.17) is 10.5 Å². The Hall–Kier alpha value is -2.13. The average Bonchev–Trinajstić information content (AvgIpc) is 3.22. The molecule has 6 nitrogen and oxygen atoms in total. The average molecular weight is 450 g/mol. The summed E-state index contributed by atoms with van der Waals surface area (Å²) < 4.78 is 47.4. The second kappa shape index (κ2) is 7.73. The van der Waals surface area contributed by atoms with Gasteiger partial charge >= 0.3 is 6.18 Å². The Morgan fingerprint density at radius 2 is 1.91 bits per heavy atom. The lowest BCUT2D eigenvalue weighted by Crippen LogP contribution is -2.33. The molecule has 0 bridgehead atoms. The van der Waals surface area contributed by atoms with E-state index in [9.17, 15) is 13.2 Å². The number of halogens is 3. The molecular formula is C23H30F3N5O. The van der Waals surface area contributed by atoms with Crippen molar-refractivity contribution >= 4 is 5.82 Å². The van der Waals surface area contributed by atoms with E-state index in [2.05, 4.69) is 28.8 Å². The van der Waals surface area contributed by atoms with Crippen molar-refractivity contribution in [2.45, 2.75) is 63.4 Å². The van der Waals surface area contributed by atoms with Crippen molar-refractivity contribution in [3.63, 3.8) is 0 Å². The van der Waals surface area contributed by atoms with Gasteiger partial charge in [-0.15, -0.1) is 0 Å². The summed E-state index contributed by atoms with van der Waals surface area (Å²) in [4.78, 5) is 6.35. The molecule has 0 spiro atoms. The van der Waals surface area contributed by atoms with Gasteiger partial charge < -0.3 is 10.5 Å². The van der Waals surface area contributed by atoms with Crippen molar-refractivity contribution < 1.29 is 17.9 Å². The number of anilines is 1. The molecule has 0 amide bonds. The van der Waals surface area contributed by atoms with E-state index < -0.39 is 17.6 Å². The summed E-state index contributed by atoms with van der Waals surface area (Å²) in [6.07, 6.45) is 0.632. The number of hydrogen-bond donors (Lipinski definition) is 1. The van der Waals surface area contributed by atoms with E-state index in [0.29, 0.717) is 41.2 Å². The second-order valence-corrected chi connectivity index (χ2v) is 9.77. The summed E-state index contributed by atoms with van der Waals surface area (Å²) in [7, 11) is 1.79. The third-order valence-electron chi connectivity index (χ3n) is 7.56. The van der Waals surface area contributed by atoms with Gasteiger partial charge in [-0.3, -0.25) is 9.58 Å². The molecule has 5 atom stereocenters. The highest BCUT2D eigenvalue weighted by Crippen LogP contribution is 2.64. The summed E-state index contributed by atoms with van der Waals surface area (Å²) in [6.45, 7) is 6.23. The van der Waals surface area contributed by atoms with E-state index in [-0.39, 0.29) is 6.04 Å². The molecule has 32 heavy (non-hydrogen) atoms. The van der Waals surface area contributed by atoms with Gasteiger partial charge in [-0.1, -0.05) is 0 Å². The number of nitrogen functional groups attached to an aromatic ring is 1. The molecule has 3 fully saturated rings. The van der Waals surface area contributed by atoms with Crippen LogP contribution in [0.3, 0.4) is 0 Å². The van der Waals surface area contributed by atoms with Crippen molar-refractivity contribution in [1.29, 1.82) is 0 Å². The predicted molar refractivity (Wildman–Crippen MR) is 115 cm³/mol. The molecule has 1 aliphatic heterocycles. The molecule has 3 aliphatic rings. The summed E-state index contributed by atoms with van der Waals surface area (Å²) in [6, 6.07) is 3.76. The van der Waals surface area contributed by atoms with Crippen molar-refractivity contribution in [3.8, 4) is 11.3 Å². The van der Waals surface area contributed by atoms with E-state index in [0.717, 1.165) is 31.3 Å². The zero-order valence-electron chi connectivity index (χ0n) is 18.6. The Kier molecular flexibility index (Phi) is 5.24. The number of rotatable bonds is 5. The van der Waals surface area contributed by atoms with Crippen LogP contribution in [0.4, 0.5) is 19.0 Å². The fourth-order valence-corrected chi connectivity index (χ4v) is 5.88. The molecule has 2 aliphatic carbocycles. The number of alkyl halides is 3. The third kappa shape index (κ3) is 3.69. The highest BCUT2D eigenvalue weighted by molar-refractivity contribution is 5.63. The van der Waals surface area contributed by atoms with Crippen LogP contribution in [0.15, 0.2) is 18.3 Å². The van der Waals surface area contributed by atoms with Gasteiger partial charge in [0.1, 0.15) is 5.82 Å². The van der Waals surface area contributed by atoms with Crippen molar-refractivity contribution in [2.24, 2.45) is 11.8 Å². The van der Waals surface area contributed by atoms with Gasteiger partial charge in [-0.25, -0.2) is 4.98 Å². The Morgan fingerprint density at radius 1 is 1.19 bits per heavy atom. The number of ether oxygens (including phenoxy) is 1. The van der Waals surface area contributed by atoms with Crippen molar-refractivity contribution in [3.05, 3.63) is 29.6 Å². The number of nitrogens with zero attached hydrogens (tertiary/aromatic N) is 4. The van der Waals surface area contributed by atoms with Gasteiger partial charge in [0.2, 0.25) is 0 Å². The molecule has 2 saturated carbocycles. The quantitative estimate of drug-likeness (QED) is 0.736. The highest BCUT2D eigenvalue weighted by Gasteiger charge is 2.59. The lowest BCUT2D eigenvalue weighted by atomic mass is 10.0. The maximum Gasteiger partial charge on any atom is 0.419 e. The second-order valence-electron chi connectivity index (χ2n) is 9.77.